The number of rotatable bonds is 7. The van der Waals surface area contributed by atoms with Gasteiger partial charge in [0.05, 0.1) is 11.8 Å². The number of benzene rings is 2. The molecule has 0 aliphatic heterocycles. The van der Waals surface area contributed by atoms with Crippen LogP contribution in [0.2, 0.25) is 0 Å². The quantitative estimate of drug-likeness (QED) is 0.251. The van der Waals surface area contributed by atoms with Gasteiger partial charge in [-0.05, 0) is 48.3 Å². The van der Waals surface area contributed by atoms with Crippen LogP contribution in [0.1, 0.15) is 42.9 Å². The fraction of sp³-hybridized carbons (Fsp3) is 0.200. The van der Waals surface area contributed by atoms with E-state index in [1.54, 1.807) is 18.2 Å². The van der Waals surface area contributed by atoms with Gasteiger partial charge in [-0.2, -0.15) is 0 Å². The molecule has 1 heterocycles. The van der Waals surface area contributed by atoms with E-state index in [0.717, 1.165) is 23.3 Å². The Balaban J connectivity index is 1.73. The topological polar surface area (TPSA) is 114 Å². The number of para-hydroxylation sites is 2. The molecule has 2 N–H and O–H groups in total. The Morgan fingerprint density at radius 3 is 2.53 bits per heavy atom. The number of carbonyl (C=O) groups excluding carboxylic acids is 3. The second-order valence-corrected chi connectivity index (χ2v) is 7.70. The van der Waals surface area contributed by atoms with E-state index in [-0.39, 0.29) is 22.8 Å². The molecular formula is C25H23NO6. The van der Waals surface area contributed by atoms with Crippen LogP contribution in [0.15, 0.2) is 57.8 Å². The summed E-state index contributed by atoms with van der Waals surface area (Å²) >= 11 is 0. The minimum Gasteiger partial charge on any atom is -0.506 e. The highest BCUT2D eigenvalue weighted by Crippen LogP contribution is 2.28. The van der Waals surface area contributed by atoms with Gasteiger partial charge in [0.2, 0.25) is 5.78 Å². The molecule has 32 heavy (non-hydrogen) atoms. The SMILES string of the molecule is Cc1cccc(C(C)C)c1NC(=O)C(=O)CC(=O)/C=C/c1c(O)c2ccccc2oc1=O. The molecule has 7 heteroatoms. The molecule has 0 fully saturated rings. The van der Waals surface area contributed by atoms with Gasteiger partial charge in [0.15, 0.2) is 5.78 Å². The van der Waals surface area contributed by atoms with Crippen LogP contribution < -0.4 is 10.9 Å². The third kappa shape index (κ3) is 4.83. The van der Waals surface area contributed by atoms with Gasteiger partial charge >= 0.3 is 5.63 Å². The lowest BCUT2D eigenvalue weighted by Gasteiger charge is -2.15. The molecule has 0 saturated heterocycles. The summed E-state index contributed by atoms with van der Waals surface area (Å²) in [5.41, 5.74) is 1.42. The molecule has 164 valence electrons. The normalized spacial score (nSPS) is 11.2. The van der Waals surface area contributed by atoms with Crippen molar-refractivity contribution < 1.29 is 23.9 Å². The summed E-state index contributed by atoms with van der Waals surface area (Å²) in [6.07, 6.45) is 1.38. The van der Waals surface area contributed by atoms with Crippen molar-refractivity contribution in [2.45, 2.75) is 33.1 Å². The monoisotopic (exact) mass is 433 g/mol. The molecule has 0 aliphatic rings. The Bertz CT molecular complexity index is 1300. The van der Waals surface area contributed by atoms with Crippen LogP contribution in [0, 0.1) is 6.92 Å². The van der Waals surface area contributed by atoms with Crippen molar-refractivity contribution in [1.82, 2.24) is 0 Å². The van der Waals surface area contributed by atoms with Gasteiger partial charge in [0.25, 0.3) is 5.91 Å². The Morgan fingerprint density at radius 1 is 1.09 bits per heavy atom. The minimum atomic E-state index is -0.910. The van der Waals surface area contributed by atoms with E-state index in [0.29, 0.717) is 11.1 Å². The second kappa shape index (κ2) is 9.43. The largest absolute Gasteiger partial charge is 0.506 e. The average Bonchev–Trinajstić information content (AvgIpc) is 2.74. The molecule has 0 bridgehead atoms. The third-order valence-corrected chi connectivity index (χ3v) is 5.01. The maximum atomic E-state index is 12.4. The Labute approximate surface area is 184 Å². The molecule has 0 spiro atoms. The summed E-state index contributed by atoms with van der Waals surface area (Å²) in [5, 5.41) is 13.2. The van der Waals surface area contributed by atoms with Crippen LogP contribution in [0.5, 0.6) is 5.75 Å². The summed E-state index contributed by atoms with van der Waals surface area (Å²) in [4.78, 5) is 48.9. The Hall–Kier alpha value is -4.00. The van der Waals surface area contributed by atoms with Crippen LogP contribution in [-0.2, 0) is 14.4 Å². The number of aromatic hydroxyl groups is 1. The Morgan fingerprint density at radius 2 is 1.81 bits per heavy atom. The first-order valence-electron chi connectivity index (χ1n) is 10.1. The Kier molecular flexibility index (Phi) is 6.68. The first kappa shape index (κ1) is 22.7. The number of allylic oxidation sites excluding steroid dienone is 1. The number of hydrogen-bond acceptors (Lipinski definition) is 6. The van der Waals surface area contributed by atoms with E-state index >= 15 is 0 Å². The summed E-state index contributed by atoms with van der Waals surface area (Å²) in [7, 11) is 0. The number of fused-ring (bicyclic) bond motifs is 1. The van der Waals surface area contributed by atoms with Gasteiger partial charge in [0.1, 0.15) is 16.9 Å². The zero-order valence-corrected chi connectivity index (χ0v) is 18.0. The van der Waals surface area contributed by atoms with Crippen LogP contribution in [-0.4, -0.2) is 22.6 Å². The molecule has 0 radical (unpaired) electrons. The van der Waals surface area contributed by atoms with Crippen molar-refractivity contribution in [3.8, 4) is 5.75 Å². The molecule has 3 aromatic rings. The number of amides is 1. The lowest BCUT2D eigenvalue weighted by molar-refractivity contribution is -0.136. The third-order valence-electron chi connectivity index (χ3n) is 5.01. The van der Waals surface area contributed by atoms with Gasteiger partial charge < -0.3 is 14.8 Å². The summed E-state index contributed by atoms with van der Waals surface area (Å²) in [6.45, 7) is 5.76. The van der Waals surface area contributed by atoms with E-state index in [9.17, 15) is 24.3 Å². The summed E-state index contributed by atoms with van der Waals surface area (Å²) in [5.74, 6) is -2.69. The first-order chi connectivity index (χ1) is 15.2. The summed E-state index contributed by atoms with van der Waals surface area (Å²) in [6, 6.07) is 12.0. The minimum absolute atomic E-state index is 0.131. The predicted octanol–water partition coefficient (Wildman–Crippen LogP) is 4.11. The zero-order valence-electron chi connectivity index (χ0n) is 18.0. The predicted molar refractivity (Wildman–Crippen MR) is 122 cm³/mol. The smallest absolute Gasteiger partial charge is 0.347 e. The van der Waals surface area contributed by atoms with Crippen molar-refractivity contribution >= 4 is 40.2 Å². The van der Waals surface area contributed by atoms with Crippen LogP contribution in [0.3, 0.4) is 0 Å². The van der Waals surface area contributed by atoms with E-state index in [1.807, 2.05) is 39.0 Å². The van der Waals surface area contributed by atoms with E-state index in [1.165, 1.54) is 6.07 Å². The number of Topliss-reactive ketones (excluding diaryl/α,β-unsaturated/α-hetero) is 1. The molecule has 0 saturated carbocycles. The zero-order chi connectivity index (χ0) is 23.4. The van der Waals surface area contributed by atoms with E-state index < -0.39 is 29.5 Å². The molecule has 1 amide bonds. The van der Waals surface area contributed by atoms with Gasteiger partial charge in [-0.25, -0.2) is 4.79 Å². The van der Waals surface area contributed by atoms with Crippen molar-refractivity contribution in [1.29, 1.82) is 0 Å². The molecule has 3 rings (SSSR count). The maximum Gasteiger partial charge on any atom is 0.347 e. The molecule has 0 unspecified atom stereocenters. The van der Waals surface area contributed by atoms with Crippen LogP contribution in [0.25, 0.3) is 17.0 Å². The number of ketones is 2. The lowest BCUT2D eigenvalue weighted by Crippen LogP contribution is -2.25. The van der Waals surface area contributed by atoms with Crippen LogP contribution >= 0.6 is 0 Å². The number of hydrogen-bond donors (Lipinski definition) is 2. The molecule has 0 atom stereocenters. The fourth-order valence-electron chi connectivity index (χ4n) is 3.29. The standard InChI is InChI=1S/C25H23NO6/c1-14(2)17-9-6-7-15(3)22(17)26-24(30)20(28)13-16(27)11-12-19-23(29)18-8-4-5-10-21(18)32-25(19)31/h4-12,14,29H,13H2,1-3H3,(H,26,30)/b12-11+. The van der Waals surface area contributed by atoms with E-state index in [4.69, 9.17) is 4.42 Å². The van der Waals surface area contributed by atoms with Crippen molar-refractivity contribution in [2.75, 3.05) is 5.32 Å². The highest BCUT2D eigenvalue weighted by Gasteiger charge is 2.20. The summed E-state index contributed by atoms with van der Waals surface area (Å²) < 4.78 is 5.12. The van der Waals surface area contributed by atoms with Crippen LogP contribution in [0.4, 0.5) is 5.69 Å². The van der Waals surface area contributed by atoms with Gasteiger partial charge in [-0.1, -0.05) is 44.2 Å². The highest BCUT2D eigenvalue weighted by molar-refractivity contribution is 6.44. The highest BCUT2D eigenvalue weighted by atomic mass is 16.4. The molecule has 1 aromatic heterocycles. The molecule has 0 aliphatic carbocycles. The van der Waals surface area contributed by atoms with Crippen molar-refractivity contribution in [3.05, 3.63) is 75.7 Å². The van der Waals surface area contributed by atoms with Gasteiger partial charge in [-0.15, -0.1) is 0 Å². The lowest BCUT2D eigenvalue weighted by atomic mass is 9.98. The molecule has 7 nitrogen and oxygen atoms in total. The average molecular weight is 433 g/mol. The van der Waals surface area contributed by atoms with Gasteiger partial charge in [-0.3, -0.25) is 14.4 Å². The number of anilines is 1. The number of aryl methyl sites for hydroxylation is 1. The molecular weight excluding hydrogens is 410 g/mol. The van der Waals surface area contributed by atoms with Gasteiger partial charge in [0, 0.05) is 5.69 Å². The van der Waals surface area contributed by atoms with E-state index in [2.05, 4.69) is 5.32 Å². The fourth-order valence-corrected chi connectivity index (χ4v) is 3.29. The first-order valence-corrected chi connectivity index (χ1v) is 10.1. The number of carbonyl (C=O) groups is 3. The maximum absolute atomic E-state index is 12.4. The van der Waals surface area contributed by atoms with Crippen molar-refractivity contribution in [3.63, 3.8) is 0 Å². The number of nitrogens with one attached hydrogen (secondary N) is 1. The van der Waals surface area contributed by atoms with Crippen molar-refractivity contribution in [2.24, 2.45) is 0 Å². The molecule has 2 aromatic carbocycles. The second-order valence-electron chi connectivity index (χ2n) is 7.70.